The van der Waals surface area contributed by atoms with E-state index in [9.17, 15) is 0 Å². The maximum absolute atomic E-state index is 5.87. The maximum atomic E-state index is 5.87. The minimum atomic E-state index is 0.589. The van der Waals surface area contributed by atoms with Crippen molar-refractivity contribution in [2.75, 3.05) is 32.4 Å². The van der Waals surface area contributed by atoms with E-state index in [1.54, 1.807) is 0 Å². The summed E-state index contributed by atoms with van der Waals surface area (Å²) in [6, 6.07) is 6.64. The second-order valence-corrected chi connectivity index (χ2v) is 6.14. The molecule has 1 fully saturated rings. The van der Waals surface area contributed by atoms with Crippen LogP contribution in [0.25, 0.3) is 0 Å². The molecule has 1 aromatic carbocycles. The number of benzene rings is 1. The molecule has 0 aromatic heterocycles. The third kappa shape index (κ3) is 3.46. The standard InChI is InChI=1S/C14H22BrN3/c1-11-9-17(2)6-3-7-18(11)10-12-8-13(16)4-5-14(12)15/h4-5,8,11H,3,6-7,9-10,16H2,1-2H3. The van der Waals surface area contributed by atoms with Crippen LogP contribution in [0.5, 0.6) is 0 Å². The van der Waals surface area contributed by atoms with Crippen molar-refractivity contribution in [1.29, 1.82) is 0 Å². The Morgan fingerprint density at radius 2 is 2.17 bits per heavy atom. The summed E-state index contributed by atoms with van der Waals surface area (Å²) in [5.41, 5.74) is 8.00. The van der Waals surface area contributed by atoms with Gasteiger partial charge in [-0.05, 0) is 50.7 Å². The quantitative estimate of drug-likeness (QED) is 0.852. The molecule has 0 aliphatic carbocycles. The molecule has 0 saturated carbocycles. The van der Waals surface area contributed by atoms with Crippen molar-refractivity contribution in [2.45, 2.75) is 25.9 Å². The predicted molar refractivity (Wildman–Crippen MR) is 80.5 cm³/mol. The van der Waals surface area contributed by atoms with Crippen molar-refractivity contribution in [1.82, 2.24) is 9.80 Å². The van der Waals surface area contributed by atoms with E-state index < -0.39 is 0 Å². The fraction of sp³-hybridized carbons (Fsp3) is 0.571. The van der Waals surface area contributed by atoms with Gasteiger partial charge in [0.1, 0.15) is 0 Å². The first-order valence-corrected chi connectivity index (χ1v) is 7.32. The number of nitrogens with two attached hydrogens (primary N) is 1. The molecule has 100 valence electrons. The van der Waals surface area contributed by atoms with E-state index >= 15 is 0 Å². The molecule has 0 radical (unpaired) electrons. The summed E-state index contributed by atoms with van der Waals surface area (Å²) < 4.78 is 1.15. The summed E-state index contributed by atoms with van der Waals surface area (Å²) in [6.45, 7) is 6.77. The summed E-state index contributed by atoms with van der Waals surface area (Å²) in [4.78, 5) is 4.96. The van der Waals surface area contributed by atoms with E-state index in [1.165, 1.54) is 18.5 Å². The molecule has 0 amide bonds. The molecule has 1 atom stereocenters. The molecule has 1 unspecified atom stereocenters. The highest BCUT2D eigenvalue weighted by atomic mass is 79.9. The van der Waals surface area contributed by atoms with Crippen molar-refractivity contribution >= 4 is 21.6 Å². The molecule has 1 heterocycles. The Balaban J connectivity index is 2.09. The van der Waals surface area contributed by atoms with E-state index in [-0.39, 0.29) is 0 Å². The molecule has 4 heteroatoms. The molecule has 1 aliphatic rings. The first-order valence-electron chi connectivity index (χ1n) is 6.53. The highest BCUT2D eigenvalue weighted by molar-refractivity contribution is 9.10. The second-order valence-electron chi connectivity index (χ2n) is 5.29. The van der Waals surface area contributed by atoms with Crippen LogP contribution >= 0.6 is 15.9 Å². The summed E-state index contributed by atoms with van der Waals surface area (Å²) in [6.07, 6.45) is 1.24. The lowest BCUT2D eigenvalue weighted by molar-refractivity contribution is 0.194. The van der Waals surface area contributed by atoms with Gasteiger partial charge in [-0.25, -0.2) is 0 Å². The van der Waals surface area contributed by atoms with Crippen molar-refractivity contribution in [3.8, 4) is 0 Å². The first-order chi connectivity index (χ1) is 8.56. The van der Waals surface area contributed by atoms with E-state index in [0.29, 0.717) is 6.04 Å². The number of nitrogens with zero attached hydrogens (tertiary/aromatic N) is 2. The molecule has 3 nitrogen and oxygen atoms in total. The van der Waals surface area contributed by atoms with Crippen LogP contribution in [0.3, 0.4) is 0 Å². The highest BCUT2D eigenvalue weighted by Gasteiger charge is 2.20. The number of rotatable bonds is 2. The average Bonchev–Trinajstić information content (AvgIpc) is 2.46. The molecular weight excluding hydrogens is 290 g/mol. The minimum absolute atomic E-state index is 0.589. The normalized spacial score (nSPS) is 22.9. The monoisotopic (exact) mass is 311 g/mol. The number of nitrogen functional groups attached to an aromatic ring is 1. The number of hydrogen-bond donors (Lipinski definition) is 1. The van der Waals surface area contributed by atoms with Crippen LogP contribution in [-0.2, 0) is 6.54 Å². The molecule has 0 bridgehead atoms. The van der Waals surface area contributed by atoms with Crippen LogP contribution in [0.1, 0.15) is 18.9 Å². The van der Waals surface area contributed by atoms with E-state index in [0.717, 1.165) is 29.8 Å². The van der Waals surface area contributed by atoms with Crippen LogP contribution < -0.4 is 5.73 Å². The van der Waals surface area contributed by atoms with Crippen molar-refractivity contribution in [2.24, 2.45) is 0 Å². The van der Waals surface area contributed by atoms with Crippen LogP contribution in [0.2, 0.25) is 0 Å². The zero-order chi connectivity index (χ0) is 13.1. The van der Waals surface area contributed by atoms with Gasteiger partial charge in [0, 0.05) is 35.8 Å². The Hall–Kier alpha value is -0.580. The fourth-order valence-corrected chi connectivity index (χ4v) is 2.96. The van der Waals surface area contributed by atoms with Gasteiger partial charge >= 0.3 is 0 Å². The molecular formula is C14H22BrN3. The van der Waals surface area contributed by atoms with Crippen LogP contribution in [-0.4, -0.2) is 42.5 Å². The molecule has 1 saturated heterocycles. The van der Waals surface area contributed by atoms with Crippen LogP contribution in [0, 0.1) is 0 Å². The zero-order valence-electron chi connectivity index (χ0n) is 11.2. The summed E-state index contributed by atoms with van der Waals surface area (Å²) in [5.74, 6) is 0. The Labute approximate surface area is 118 Å². The van der Waals surface area contributed by atoms with Gasteiger partial charge in [-0.3, -0.25) is 4.90 Å². The molecule has 1 aromatic rings. The fourth-order valence-electron chi connectivity index (χ4n) is 2.59. The number of halogens is 1. The van der Waals surface area contributed by atoms with Gasteiger partial charge in [0.25, 0.3) is 0 Å². The molecule has 0 spiro atoms. The van der Waals surface area contributed by atoms with Gasteiger partial charge < -0.3 is 10.6 Å². The van der Waals surface area contributed by atoms with Crippen molar-refractivity contribution < 1.29 is 0 Å². The van der Waals surface area contributed by atoms with Gasteiger partial charge in [-0.2, -0.15) is 0 Å². The lowest BCUT2D eigenvalue weighted by atomic mass is 10.1. The number of likely N-dealkylation sites (N-methyl/N-ethyl adjacent to an activating group) is 1. The van der Waals surface area contributed by atoms with Gasteiger partial charge in [-0.15, -0.1) is 0 Å². The molecule has 2 rings (SSSR count). The van der Waals surface area contributed by atoms with E-state index in [1.807, 2.05) is 12.1 Å². The smallest absolute Gasteiger partial charge is 0.0318 e. The topological polar surface area (TPSA) is 32.5 Å². The summed E-state index contributed by atoms with van der Waals surface area (Å²) in [7, 11) is 2.20. The van der Waals surface area contributed by atoms with E-state index in [2.05, 4.69) is 45.8 Å². The first kappa shape index (κ1) is 13.8. The Bertz CT molecular complexity index is 408. The molecule has 18 heavy (non-hydrogen) atoms. The summed E-state index contributed by atoms with van der Waals surface area (Å²) >= 11 is 3.62. The Morgan fingerprint density at radius 1 is 1.39 bits per heavy atom. The molecule has 1 aliphatic heterocycles. The summed E-state index contributed by atoms with van der Waals surface area (Å²) in [5, 5.41) is 0. The van der Waals surface area contributed by atoms with Crippen LogP contribution in [0.4, 0.5) is 5.69 Å². The number of hydrogen-bond acceptors (Lipinski definition) is 3. The largest absolute Gasteiger partial charge is 0.399 e. The maximum Gasteiger partial charge on any atom is 0.0318 e. The number of anilines is 1. The average molecular weight is 312 g/mol. The predicted octanol–water partition coefficient (Wildman–Crippen LogP) is 2.56. The minimum Gasteiger partial charge on any atom is -0.399 e. The lowest BCUT2D eigenvalue weighted by Crippen LogP contribution is -2.37. The SMILES string of the molecule is CC1CN(C)CCCN1Cc1cc(N)ccc1Br. The Kier molecular flexibility index (Phi) is 4.65. The molecule has 2 N–H and O–H groups in total. The third-order valence-corrected chi connectivity index (χ3v) is 4.40. The highest BCUT2D eigenvalue weighted by Crippen LogP contribution is 2.22. The van der Waals surface area contributed by atoms with Gasteiger partial charge in [-0.1, -0.05) is 15.9 Å². The van der Waals surface area contributed by atoms with Gasteiger partial charge in [0.15, 0.2) is 0 Å². The van der Waals surface area contributed by atoms with E-state index in [4.69, 9.17) is 5.73 Å². The second kappa shape index (κ2) is 6.04. The third-order valence-electron chi connectivity index (χ3n) is 3.63. The Morgan fingerprint density at radius 3 is 2.94 bits per heavy atom. The zero-order valence-corrected chi connectivity index (χ0v) is 12.8. The lowest BCUT2D eigenvalue weighted by Gasteiger charge is -2.28. The van der Waals surface area contributed by atoms with Crippen molar-refractivity contribution in [3.05, 3.63) is 28.2 Å². The van der Waals surface area contributed by atoms with Gasteiger partial charge in [0.05, 0.1) is 0 Å². The van der Waals surface area contributed by atoms with Crippen molar-refractivity contribution in [3.63, 3.8) is 0 Å². The van der Waals surface area contributed by atoms with Gasteiger partial charge in [0.2, 0.25) is 0 Å². The van der Waals surface area contributed by atoms with Crippen LogP contribution in [0.15, 0.2) is 22.7 Å².